The van der Waals surface area contributed by atoms with Crippen molar-refractivity contribution in [2.45, 2.75) is 6.04 Å². The van der Waals surface area contributed by atoms with E-state index < -0.39 is 23.5 Å². The maximum Gasteiger partial charge on any atom is 0.300 e. The first kappa shape index (κ1) is 20.8. The molecule has 1 amide bonds. The van der Waals surface area contributed by atoms with E-state index in [0.717, 1.165) is 4.90 Å². The van der Waals surface area contributed by atoms with Crippen molar-refractivity contribution in [2.75, 3.05) is 4.90 Å². The summed E-state index contributed by atoms with van der Waals surface area (Å²) in [6.45, 7) is 0. The van der Waals surface area contributed by atoms with E-state index in [4.69, 9.17) is 34.8 Å². The van der Waals surface area contributed by atoms with Crippen LogP contribution in [0.4, 0.5) is 5.69 Å². The minimum atomic E-state index is -0.955. The SMILES string of the molecule is O=C1C(=O)N(c2cc(Cl)ccc2O)C(c2cccs2)/C1=C(/O)c1ccc(Cl)c(Cl)c1. The van der Waals surface area contributed by atoms with Crippen molar-refractivity contribution in [1.82, 2.24) is 0 Å². The van der Waals surface area contributed by atoms with Gasteiger partial charge in [-0.2, -0.15) is 0 Å². The van der Waals surface area contributed by atoms with Crippen LogP contribution in [-0.4, -0.2) is 21.9 Å². The summed E-state index contributed by atoms with van der Waals surface area (Å²) in [5, 5.41) is 23.9. The number of Topliss-reactive ketones (excluding diaryl/α,β-unsaturated/α-hetero) is 1. The molecule has 4 rings (SSSR count). The number of phenolic OH excluding ortho intramolecular Hbond substituents is 1. The molecule has 0 spiro atoms. The second kappa shape index (κ2) is 7.96. The van der Waals surface area contributed by atoms with E-state index in [-0.39, 0.29) is 37.6 Å². The molecule has 0 saturated carbocycles. The number of hydrogen-bond acceptors (Lipinski definition) is 5. The Hall–Kier alpha value is -2.51. The van der Waals surface area contributed by atoms with Gasteiger partial charge in [-0.15, -0.1) is 11.3 Å². The fraction of sp³-hybridized carbons (Fsp3) is 0.0476. The largest absolute Gasteiger partial charge is 0.507 e. The second-order valence-electron chi connectivity index (χ2n) is 6.45. The van der Waals surface area contributed by atoms with Gasteiger partial charge in [0.2, 0.25) is 0 Å². The highest BCUT2D eigenvalue weighted by Crippen LogP contribution is 2.46. The lowest BCUT2D eigenvalue weighted by molar-refractivity contribution is -0.132. The molecule has 1 aliphatic heterocycles. The highest BCUT2D eigenvalue weighted by molar-refractivity contribution is 7.10. The van der Waals surface area contributed by atoms with Crippen molar-refractivity contribution in [2.24, 2.45) is 0 Å². The highest BCUT2D eigenvalue weighted by Gasteiger charge is 2.48. The van der Waals surface area contributed by atoms with Crippen LogP contribution in [0.1, 0.15) is 16.5 Å². The summed E-state index contributed by atoms with van der Waals surface area (Å²) in [7, 11) is 0. The Bertz CT molecular complexity index is 1210. The van der Waals surface area contributed by atoms with Gasteiger partial charge >= 0.3 is 0 Å². The average Bonchev–Trinajstić information content (AvgIpc) is 3.33. The van der Waals surface area contributed by atoms with Crippen molar-refractivity contribution in [3.63, 3.8) is 0 Å². The zero-order valence-corrected chi connectivity index (χ0v) is 18.1. The number of aliphatic hydroxyl groups is 1. The van der Waals surface area contributed by atoms with Crippen molar-refractivity contribution in [3.05, 3.63) is 85.0 Å². The third-order valence-electron chi connectivity index (χ3n) is 4.65. The number of rotatable bonds is 3. The van der Waals surface area contributed by atoms with E-state index in [1.807, 2.05) is 0 Å². The summed E-state index contributed by atoms with van der Waals surface area (Å²) in [6.07, 6.45) is 0. The molecule has 9 heteroatoms. The van der Waals surface area contributed by atoms with E-state index in [2.05, 4.69) is 0 Å². The molecule has 1 unspecified atom stereocenters. The van der Waals surface area contributed by atoms with Gasteiger partial charge in [0.15, 0.2) is 0 Å². The number of phenols is 1. The number of anilines is 1. The minimum absolute atomic E-state index is 0.0659. The Morgan fingerprint density at radius 3 is 2.43 bits per heavy atom. The van der Waals surface area contributed by atoms with Crippen LogP contribution in [0.15, 0.2) is 59.5 Å². The third-order valence-corrected chi connectivity index (χ3v) is 6.55. The summed E-state index contributed by atoms with van der Waals surface area (Å²) in [5.41, 5.74) is 0.177. The Balaban J connectivity index is 1.96. The molecule has 152 valence electrons. The molecule has 1 fully saturated rings. The molecule has 30 heavy (non-hydrogen) atoms. The topological polar surface area (TPSA) is 77.8 Å². The number of hydrogen-bond donors (Lipinski definition) is 2. The summed E-state index contributed by atoms with van der Waals surface area (Å²) in [6, 6.07) is 11.1. The van der Waals surface area contributed by atoms with Crippen molar-refractivity contribution in [1.29, 1.82) is 0 Å². The van der Waals surface area contributed by atoms with E-state index >= 15 is 0 Å². The van der Waals surface area contributed by atoms with E-state index in [9.17, 15) is 19.8 Å². The first-order valence-electron chi connectivity index (χ1n) is 8.58. The average molecular weight is 481 g/mol. The van der Waals surface area contributed by atoms with Crippen molar-refractivity contribution >= 4 is 69.3 Å². The zero-order valence-electron chi connectivity index (χ0n) is 15.0. The minimum Gasteiger partial charge on any atom is -0.507 e. The molecule has 2 aromatic carbocycles. The highest BCUT2D eigenvalue weighted by atomic mass is 35.5. The monoisotopic (exact) mass is 479 g/mol. The molecule has 2 heterocycles. The predicted molar refractivity (Wildman–Crippen MR) is 119 cm³/mol. The molecule has 1 saturated heterocycles. The summed E-state index contributed by atoms with van der Waals surface area (Å²) in [4.78, 5) is 27.7. The first-order valence-corrected chi connectivity index (χ1v) is 10.6. The third kappa shape index (κ3) is 3.46. The van der Waals surface area contributed by atoms with Crippen LogP contribution < -0.4 is 4.90 Å². The van der Waals surface area contributed by atoms with E-state index in [1.165, 1.54) is 47.7 Å². The summed E-state index contributed by atoms with van der Waals surface area (Å²) < 4.78 is 0. The number of amides is 1. The maximum absolute atomic E-state index is 13.0. The number of carbonyl (C=O) groups excluding carboxylic acids is 2. The molecular formula is C21H12Cl3NO4S. The number of aliphatic hydroxyl groups excluding tert-OH is 1. The molecule has 1 aliphatic rings. The molecule has 1 atom stereocenters. The zero-order chi connectivity index (χ0) is 21.6. The van der Waals surface area contributed by atoms with Crippen LogP contribution in [0.3, 0.4) is 0 Å². The number of benzene rings is 2. The normalized spacial score (nSPS) is 18.2. The number of halogens is 3. The van der Waals surface area contributed by atoms with E-state index in [1.54, 1.807) is 17.5 Å². The Labute approximate surface area is 190 Å². The van der Waals surface area contributed by atoms with Crippen LogP contribution >= 0.6 is 46.1 Å². The van der Waals surface area contributed by atoms with Crippen LogP contribution in [0, 0.1) is 0 Å². The molecular weight excluding hydrogens is 469 g/mol. The Morgan fingerprint density at radius 1 is 1.00 bits per heavy atom. The van der Waals surface area contributed by atoms with Gasteiger partial charge in [-0.1, -0.05) is 40.9 Å². The van der Waals surface area contributed by atoms with Gasteiger partial charge in [0, 0.05) is 15.5 Å². The van der Waals surface area contributed by atoms with Gasteiger partial charge in [0.05, 0.1) is 21.3 Å². The van der Waals surface area contributed by atoms with Crippen LogP contribution in [0.25, 0.3) is 5.76 Å². The van der Waals surface area contributed by atoms with Crippen molar-refractivity contribution in [3.8, 4) is 5.75 Å². The number of nitrogens with zero attached hydrogens (tertiary/aromatic N) is 1. The lowest BCUT2D eigenvalue weighted by atomic mass is 9.99. The van der Waals surface area contributed by atoms with Gasteiger partial charge < -0.3 is 10.2 Å². The number of ketones is 1. The first-order chi connectivity index (χ1) is 14.3. The van der Waals surface area contributed by atoms with Gasteiger partial charge in [-0.25, -0.2) is 0 Å². The quantitative estimate of drug-likeness (QED) is 0.272. The summed E-state index contributed by atoms with van der Waals surface area (Å²) >= 11 is 19.4. The van der Waals surface area contributed by atoms with E-state index in [0.29, 0.717) is 4.88 Å². The molecule has 0 aliphatic carbocycles. The van der Waals surface area contributed by atoms with Crippen LogP contribution in [0.2, 0.25) is 15.1 Å². The smallest absolute Gasteiger partial charge is 0.300 e. The molecule has 1 aromatic heterocycles. The standard InChI is InChI=1S/C21H12Cl3NO4S/c22-11-4-6-15(26)14(9-11)25-18(16-2-1-7-30-16)17(20(28)21(25)29)19(27)10-3-5-12(23)13(24)8-10/h1-9,18,26-27H/b19-17-. The number of aromatic hydroxyl groups is 1. The maximum atomic E-state index is 13.0. The molecule has 0 bridgehead atoms. The van der Waals surface area contributed by atoms with Gasteiger partial charge in [-0.3, -0.25) is 14.5 Å². The summed E-state index contributed by atoms with van der Waals surface area (Å²) in [5.74, 6) is -2.41. The Kier molecular flexibility index (Phi) is 5.51. The number of carbonyl (C=O) groups is 2. The fourth-order valence-electron chi connectivity index (χ4n) is 3.29. The van der Waals surface area contributed by atoms with Crippen LogP contribution in [-0.2, 0) is 9.59 Å². The molecule has 3 aromatic rings. The predicted octanol–water partition coefficient (Wildman–Crippen LogP) is 6.04. The van der Waals surface area contributed by atoms with Gasteiger partial charge in [-0.05, 0) is 47.8 Å². The Morgan fingerprint density at radius 2 is 1.77 bits per heavy atom. The second-order valence-corrected chi connectivity index (χ2v) is 8.68. The molecule has 2 N–H and O–H groups in total. The van der Waals surface area contributed by atoms with Crippen LogP contribution in [0.5, 0.6) is 5.75 Å². The lowest BCUT2D eigenvalue weighted by Crippen LogP contribution is -2.29. The fourth-order valence-corrected chi connectivity index (χ4v) is 4.57. The van der Waals surface area contributed by atoms with Gasteiger partial charge in [0.1, 0.15) is 17.6 Å². The molecule has 5 nitrogen and oxygen atoms in total. The lowest BCUT2D eigenvalue weighted by Gasteiger charge is -2.25. The van der Waals surface area contributed by atoms with Crippen molar-refractivity contribution < 1.29 is 19.8 Å². The molecule has 0 radical (unpaired) electrons. The van der Waals surface area contributed by atoms with Gasteiger partial charge in [0.25, 0.3) is 11.7 Å². The number of thiophene rings is 1.